The minimum Gasteiger partial charge on any atom is -0.462 e. The molecule has 0 rings (SSSR count). The van der Waals surface area contributed by atoms with Crippen LogP contribution in [0.5, 0.6) is 0 Å². The molecule has 19 heteroatoms. The van der Waals surface area contributed by atoms with Gasteiger partial charge in [0.15, 0.2) is 12.2 Å². The first-order chi connectivity index (χ1) is 53.6. The molecule has 0 aliphatic rings. The van der Waals surface area contributed by atoms with Gasteiger partial charge in [0.05, 0.1) is 26.4 Å². The van der Waals surface area contributed by atoms with Gasteiger partial charge in [-0.1, -0.05) is 434 Å². The molecule has 3 N–H and O–H groups in total. The summed E-state index contributed by atoms with van der Waals surface area (Å²) in [6, 6.07) is 0. The molecule has 0 saturated carbocycles. The van der Waals surface area contributed by atoms with E-state index in [4.69, 9.17) is 37.0 Å². The number of unbranched alkanes of at least 4 members (excludes halogenated alkanes) is 54. The zero-order chi connectivity index (χ0) is 81.6. The van der Waals surface area contributed by atoms with Gasteiger partial charge in [0.2, 0.25) is 0 Å². The van der Waals surface area contributed by atoms with Gasteiger partial charge in [0.25, 0.3) is 0 Å². The summed E-state index contributed by atoms with van der Waals surface area (Å²) in [5.74, 6) is 1.08. The van der Waals surface area contributed by atoms with Crippen molar-refractivity contribution in [3.05, 3.63) is 0 Å². The maximum absolute atomic E-state index is 13.2. The number of rotatable bonds is 89. The van der Waals surface area contributed by atoms with E-state index in [0.29, 0.717) is 25.7 Å². The van der Waals surface area contributed by atoms with Crippen molar-refractivity contribution < 1.29 is 80.2 Å². The Kier molecular flexibility index (Phi) is 79.1. The molecule has 0 heterocycles. The minimum atomic E-state index is -4.97. The number of hydrogen-bond donors (Lipinski definition) is 3. The number of aliphatic hydroxyl groups excluding tert-OH is 1. The highest BCUT2D eigenvalue weighted by Gasteiger charge is 2.31. The Hall–Kier alpha value is -1.94. The van der Waals surface area contributed by atoms with Gasteiger partial charge < -0.3 is 33.8 Å². The van der Waals surface area contributed by atoms with Crippen molar-refractivity contribution in [2.45, 2.75) is 504 Å². The van der Waals surface area contributed by atoms with Crippen molar-refractivity contribution in [2.24, 2.45) is 23.7 Å². The van der Waals surface area contributed by atoms with Crippen molar-refractivity contribution in [3.8, 4) is 0 Å². The second-order valence-corrected chi connectivity index (χ2v) is 37.6. The summed E-state index contributed by atoms with van der Waals surface area (Å²) in [6.45, 7) is 14.4. The summed E-state index contributed by atoms with van der Waals surface area (Å²) in [5, 5.41) is 10.7. The molecule has 0 radical (unpaired) electrons. The molecular formula is C92H180O17P2. The fourth-order valence-electron chi connectivity index (χ4n) is 14.3. The molecule has 0 saturated heterocycles. The Morgan fingerprint density at radius 2 is 0.432 bits per heavy atom. The highest BCUT2D eigenvalue weighted by molar-refractivity contribution is 7.47. The molecule has 6 atom stereocenters. The van der Waals surface area contributed by atoms with Crippen LogP contribution in [0.25, 0.3) is 0 Å². The van der Waals surface area contributed by atoms with Gasteiger partial charge >= 0.3 is 39.5 Å². The first-order valence-electron chi connectivity index (χ1n) is 47.2. The van der Waals surface area contributed by atoms with Crippen LogP contribution in [0.4, 0.5) is 0 Å². The van der Waals surface area contributed by atoms with Crippen LogP contribution < -0.4 is 0 Å². The van der Waals surface area contributed by atoms with Crippen LogP contribution in [0.15, 0.2) is 0 Å². The number of aliphatic hydroxyl groups is 1. The lowest BCUT2D eigenvalue weighted by molar-refractivity contribution is -0.161. The highest BCUT2D eigenvalue weighted by Crippen LogP contribution is 2.45. The molecule has 0 spiro atoms. The summed E-state index contributed by atoms with van der Waals surface area (Å²) in [6.07, 6.45) is 72.4. The van der Waals surface area contributed by atoms with E-state index in [2.05, 4.69) is 55.4 Å². The molecule has 17 nitrogen and oxygen atoms in total. The average Bonchev–Trinajstić information content (AvgIpc) is 0.894. The maximum atomic E-state index is 13.2. The van der Waals surface area contributed by atoms with Crippen molar-refractivity contribution in [1.82, 2.24) is 0 Å². The summed E-state index contributed by atoms with van der Waals surface area (Å²) < 4.78 is 69.1. The molecule has 0 bridgehead atoms. The molecular weight excluding hydrogens is 1440 g/mol. The lowest BCUT2D eigenvalue weighted by Crippen LogP contribution is -2.30. The van der Waals surface area contributed by atoms with E-state index >= 15 is 0 Å². The fourth-order valence-corrected chi connectivity index (χ4v) is 15.9. The number of phosphoric acid groups is 2. The standard InChI is InChI=1S/C92H180O17P2/c1-9-85(8)71-63-55-50-51-57-65-73-90(95)103-79-88(109-92(97)75-67-59-49-43-37-31-25-17-13-11-15-21-27-33-39-45-53-61-69-83(4)5)81-107-111(100,101)105-77-86(93)76-104-110(98,99)106-80-87(78-102-89(94)72-64-56-47-41-35-29-23-19-18-22-28-34-40-46-54-62-70-84(6)7)108-91(96)74-66-58-48-42-36-30-24-16-12-10-14-20-26-32-38-44-52-60-68-82(2)3/h82-88,93H,9-81H2,1-8H3,(H,98,99)(H,100,101)/t85?,86-,87-,88-/m1/s1. The number of phosphoric ester groups is 2. The molecule has 0 aromatic rings. The van der Waals surface area contributed by atoms with Gasteiger partial charge in [0.1, 0.15) is 19.3 Å². The van der Waals surface area contributed by atoms with E-state index in [1.165, 1.54) is 283 Å². The summed E-state index contributed by atoms with van der Waals surface area (Å²) >= 11 is 0. The molecule has 660 valence electrons. The van der Waals surface area contributed by atoms with Crippen LogP contribution in [0.2, 0.25) is 0 Å². The summed E-state index contributed by atoms with van der Waals surface area (Å²) in [5.41, 5.74) is 0. The molecule has 3 unspecified atom stereocenters. The highest BCUT2D eigenvalue weighted by atomic mass is 31.2. The van der Waals surface area contributed by atoms with Crippen LogP contribution >= 0.6 is 15.6 Å². The van der Waals surface area contributed by atoms with E-state index in [0.717, 1.165) is 120 Å². The average molecular weight is 1620 g/mol. The third-order valence-corrected chi connectivity index (χ3v) is 23.8. The Labute approximate surface area is 683 Å². The van der Waals surface area contributed by atoms with E-state index < -0.39 is 97.5 Å². The third kappa shape index (κ3) is 84.3. The van der Waals surface area contributed by atoms with Crippen molar-refractivity contribution in [3.63, 3.8) is 0 Å². The SMILES string of the molecule is CCC(C)CCCCCCCCC(=O)OC[C@H](COP(=O)(O)OC[C@H](O)COP(=O)(O)OC[C@@H](COC(=O)CCCCCCCCCCCCCCCCCCC(C)C)OC(=O)CCCCCCCCCCCCCCCCCCCCC(C)C)OC(=O)CCCCCCCCCCCCCCCCCCCCC(C)C. The Morgan fingerprint density at radius 3 is 0.640 bits per heavy atom. The molecule has 0 aliphatic carbocycles. The van der Waals surface area contributed by atoms with Gasteiger partial charge in [-0.25, -0.2) is 9.13 Å². The predicted molar refractivity (Wildman–Crippen MR) is 460 cm³/mol. The number of ether oxygens (including phenoxy) is 4. The van der Waals surface area contributed by atoms with Gasteiger partial charge in [-0.15, -0.1) is 0 Å². The quantitative estimate of drug-likeness (QED) is 0.0222. The van der Waals surface area contributed by atoms with Gasteiger partial charge in [-0.3, -0.25) is 37.3 Å². The zero-order valence-electron chi connectivity index (χ0n) is 73.6. The van der Waals surface area contributed by atoms with Crippen LogP contribution in [0.3, 0.4) is 0 Å². The number of carbonyl (C=O) groups is 4. The van der Waals surface area contributed by atoms with E-state index in [9.17, 15) is 43.2 Å². The van der Waals surface area contributed by atoms with Crippen LogP contribution in [-0.2, 0) is 65.4 Å². The molecule has 0 aromatic carbocycles. The van der Waals surface area contributed by atoms with Gasteiger partial charge in [-0.2, -0.15) is 0 Å². The Balaban J connectivity index is 5.21. The van der Waals surface area contributed by atoms with Gasteiger partial charge in [-0.05, 0) is 49.4 Å². The van der Waals surface area contributed by atoms with Crippen LogP contribution in [0.1, 0.15) is 486 Å². The van der Waals surface area contributed by atoms with Crippen molar-refractivity contribution in [2.75, 3.05) is 39.6 Å². The first kappa shape index (κ1) is 109. The third-order valence-electron chi connectivity index (χ3n) is 21.9. The molecule has 0 aromatic heterocycles. The second kappa shape index (κ2) is 80.5. The number of hydrogen-bond acceptors (Lipinski definition) is 15. The van der Waals surface area contributed by atoms with E-state index in [-0.39, 0.29) is 25.7 Å². The molecule has 0 aliphatic heterocycles. The van der Waals surface area contributed by atoms with Gasteiger partial charge in [0, 0.05) is 25.7 Å². The summed E-state index contributed by atoms with van der Waals surface area (Å²) in [7, 11) is -9.94. The van der Waals surface area contributed by atoms with E-state index in [1.807, 2.05) is 0 Å². The van der Waals surface area contributed by atoms with Crippen molar-refractivity contribution in [1.29, 1.82) is 0 Å². The molecule has 0 fully saturated rings. The largest absolute Gasteiger partial charge is 0.472 e. The topological polar surface area (TPSA) is 237 Å². The van der Waals surface area contributed by atoms with Crippen molar-refractivity contribution >= 4 is 39.5 Å². The molecule has 0 amide bonds. The minimum absolute atomic E-state index is 0.107. The molecule has 111 heavy (non-hydrogen) atoms. The maximum Gasteiger partial charge on any atom is 0.472 e. The predicted octanol–water partition coefficient (Wildman–Crippen LogP) is 28.3. The second-order valence-electron chi connectivity index (χ2n) is 34.7. The number of carbonyl (C=O) groups excluding carboxylic acids is 4. The Morgan fingerprint density at radius 1 is 0.252 bits per heavy atom. The normalized spacial score (nSPS) is 14.1. The smallest absolute Gasteiger partial charge is 0.462 e. The lowest BCUT2D eigenvalue weighted by Gasteiger charge is -2.21. The Bertz CT molecular complexity index is 2150. The first-order valence-corrected chi connectivity index (χ1v) is 50.2. The zero-order valence-corrected chi connectivity index (χ0v) is 75.4. The fraction of sp³-hybridized carbons (Fsp3) is 0.957. The lowest BCUT2D eigenvalue weighted by atomic mass is 10.00. The summed E-state index contributed by atoms with van der Waals surface area (Å²) in [4.78, 5) is 73.4. The monoisotopic (exact) mass is 1620 g/mol. The van der Waals surface area contributed by atoms with Crippen LogP contribution in [0, 0.1) is 23.7 Å². The van der Waals surface area contributed by atoms with Crippen LogP contribution in [-0.4, -0.2) is 96.7 Å². The van der Waals surface area contributed by atoms with E-state index in [1.54, 1.807) is 0 Å². The number of esters is 4.